The van der Waals surface area contributed by atoms with Crippen LogP contribution in [0.25, 0.3) is 0 Å². The minimum atomic E-state index is -0.518. The van der Waals surface area contributed by atoms with Crippen molar-refractivity contribution in [1.82, 2.24) is 0 Å². The SMILES string of the molecule is CCCCCCCCCCCCCCCCCCCCCCCCCCCCCCCCC[P+](C)(C)C.[Cl-]. The number of halogens is 1. The van der Waals surface area contributed by atoms with Crippen LogP contribution in [0.15, 0.2) is 0 Å². The van der Waals surface area contributed by atoms with Gasteiger partial charge in [-0.05, 0) is 12.8 Å². The molecule has 0 amide bonds. The molecule has 38 heavy (non-hydrogen) atoms. The summed E-state index contributed by atoms with van der Waals surface area (Å²) in [4.78, 5) is 0. The Kier molecular flexibility index (Phi) is 36.5. The van der Waals surface area contributed by atoms with Gasteiger partial charge in [-0.25, -0.2) is 0 Å². The zero-order chi connectivity index (χ0) is 27.1. The first-order chi connectivity index (χ1) is 18.1. The van der Waals surface area contributed by atoms with E-state index in [0.717, 1.165) is 0 Å². The Bertz CT molecular complexity index is 403. The van der Waals surface area contributed by atoms with Gasteiger partial charge in [-0.15, -0.1) is 0 Å². The lowest BCUT2D eigenvalue weighted by Crippen LogP contribution is -3.00. The van der Waals surface area contributed by atoms with Crippen LogP contribution in [0.3, 0.4) is 0 Å². The lowest BCUT2D eigenvalue weighted by atomic mass is 10.0. The molecular weight excluding hydrogens is 499 g/mol. The number of rotatable bonds is 32. The van der Waals surface area contributed by atoms with Gasteiger partial charge >= 0.3 is 0 Å². The van der Waals surface area contributed by atoms with Crippen LogP contribution < -0.4 is 12.4 Å². The molecule has 0 aliphatic carbocycles. The fourth-order valence-corrected chi connectivity index (χ4v) is 6.96. The maximum atomic E-state index is 2.48. The van der Waals surface area contributed by atoms with Crippen LogP contribution in [0, 0.1) is 0 Å². The molecule has 0 aromatic rings. The second-order valence-electron chi connectivity index (χ2n) is 13.6. The number of hydrogen-bond donors (Lipinski definition) is 0. The molecule has 0 atom stereocenters. The summed E-state index contributed by atoms with van der Waals surface area (Å²) in [6.45, 7) is 9.75. The van der Waals surface area contributed by atoms with E-state index in [-0.39, 0.29) is 12.4 Å². The molecule has 0 spiro atoms. The van der Waals surface area contributed by atoms with E-state index in [9.17, 15) is 0 Å². The molecule has 2 heteroatoms. The summed E-state index contributed by atoms with van der Waals surface area (Å²) in [6, 6.07) is 0. The van der Waals surface area contributed by atoms with E-state index in [1.807, 2.05) is 0 Å². The van der Waals surface area contributed by atoms with Gasteiger partial charge in [0.15, 0.2) is 0 Å². The molecule has 0 N–H and O–H groups in total. The van der Waals surface area contributed by atoms with Crippen LogP contribution >= 0.6 is 7.26 Å². The fraction of sp³-hybridized carbons (Fsp3) is 1.00. The highest BCUT2D eigenvalue weighted by Crippen LogP contribution is 2.47. The van der Waals surface area contributed by atoms with Gasteiger partial charge in [-0.1, -0.05) is 193 Å². The third-order valence-corrected chi connectivity index (χ3v) is 10.1. The second kappa shape index (κ2) is 33.9. The van der Waals surface area contributed by atoms with Gasteiger partial charge < -0.3 is 12.4 Å². The summed E-state index contributed by atoms with van der Waals surface area (Å²) in [5, 5.41) is 0. The van der Waals surface area contributed by atoms with Crippen molar-refractivity contribution in [3.8, 4) is 0 Å². The maximum absolute atomic E-state index is 2.48. The largest absolute Gasteiger partial charge is 1.00 e. The molecule has 0 saturated heterocycles. The molecule has 0 aliphatic heterocycles. The minimum Gasteiger partial charge on any atom is -1.00 e. The van der Waals surface area contributed by atoms with Gasteiger partial charge in [0.05, 0.1) is 6.16 Å². The van der Waals surface area contributed by atoms with Crippen LogP contribution in [0.5, 0.6) is 0 Å². The molecule has 0 radical (unpaired) electrons. The molecule has 0 nitrogen and oxygen atoms in total. The van der Waals surface area contributed by atoms with Crippen LogP contribution in [0.1, 0.15) is 206 Å². The van der Waals surface area contributed by atoms with Gasteiger partial charge in [-0.2, -0.15) is 0 Å². The summed E-state index contributed by atoms with van der Waals surface area (Å²) in [7, 11) is -0.518. The highest BCUT2D eigenvalue weighted by molar-refractivity contribution is 7.73. The Hall–Kier alpha value is 0.720. The molecule has 0 unspecified atom stereocenters. The quantitative estimate of drug-likeness (QED) is 0.0553. The molecule has 0 heterocycles. The summed E-state index contributed by atoms with van der Waals surface area (Å²) in [6.07, 6.45) is 47.6. The first kappa shape index (κ1) is 40.9. The van der Waals surface area contributed by atoms with E-state index in [4.69, 9.17) is 0 Å². The van der Waals surface area contributed by atoms with E-state index >= 15 is 0 Å². The Labute approximate surface area is 251 Å². The topological polar surface area (TPSA) is 0 Å². The normalized spacial score (nSPS) is 11.7. The van der Waals surface area contributed by atoms with Crippen LogP contribution in [0.2, 0.25) is 0 Å². The lowest BCUT2D eigenvalue weighted by Gasteiger charge is -2.10. The molecule has 0 rings (SSSR count). The zero-order valence-electron chi connectivity index (χ0n) is 27.5. The lowest BCUT2D eigenvalue weighted by molar-refractivity contribution is -0.00000850. The standard InChI is InChI=1S/C36H76P.ClH/c1-5-6-7-8-9-10-11-12-13-14-15-16-17-18-19-20-21-22-23-24-25-26-27-28-29-30-31-32-33-34-35-36-37(2,3)4;/h5-36H2,1-4H3;1H/q+1;/p-1. The summed E-state index contributed by atoms with van der Waals surface area (Å²) in [5.74, 6) is 0. The van der Waals surface area contributed by atoms with Crippen LogP contribution in [-0.2, 0) is 0 Å². The van der Waals surface area contributed by atoms with Crippen molar-refractivity contribution in [2.24, 2.45) is 0 Å². The molecule has 0 fully saturated rings. The Morgan fingerprint density at radius 1 is 0.263 bits per heavy atom. The predicted molar refractivity (Wildman–Crippen MR) is 178 cm³/mol. The third kappa shape index (κ3) is 38.9. The van der Waals surface area contributed by atoms with E-state index in [2.05, 4.69) is 26.9 Å². The summed E-state index contributed by atoms with van der Waals surface area (Å²) in [5.41, 5.74) is 0. The van der Waals surface area contributed by atoms with E-state index < -0.39 is 7.26 Å². The first-order valence-electron chi connectivity index (χ1n) is 17.9. The third-order valence-electron chi connectivity index (χ3n) is 8.43. The molecule has 232 valence electrons. The Morgan fingerprint density at radius 3 is 0.579 bits per heavy atom. The number of hydrogen-bond acceptors (Lipinski definition) is 0. The van der Waals surface area contributed by atoms with Crippen molar-refractivity contribution >= 4 is 7.26 Å². The predicted octanol–water partition coefficient (Wildman–Crippen LogP) is 11.0. The van der Waals surface area contributed by atoms with Crippen LogP contribution in [-0.4, -0.2) is 26.2 Å². The van der Waals surface area contributed by atoms with Gasteiger partial charge in [0.2, 0.25) is 0 Å². The van der Waals surface area contributed by atoms with Crippen molar-refractivity contribution in [2.75, 3.05) is 26.2 Å². The number of unbranched alkanes of at least 4 members (excludes halogenated alkanes) is 30. The van der Waals surface area contributed by atoms with Crippen LogP contribution in [0.4, 0.5) is 0 Å². The van der Waals surface area contributed by atoms with Crippen molar-refractivity contribution in [3.05, 3.63) is 0 Å². The molecule has 0 aromatic carbocycles. The van der Waals surface area contributed by atoms with E-state index in [0.29, 0.717) is 0 Å². The van der Waals surface area contributed by atoms with Crippen molar-refractivity contribution in [3.63, 3.8) is 0 Å². The maximum Gasteiger partial charge on any atom is 0.0586 e. The average molecular weight is 575 g/mol. The monoisotopic (exact) mass is 575 g/mol. The molecule has 0 saturated carbocycles. The zero-order valence-corrected chi connectivity index (χ0v) is 29.1. The summed E-state index contributed by atoms with van der Waals surface area (Å²) < 4.78 is 0. The van der Waals surface area contributed by atoms with E-state index in [1.165, 1.54) is 205 Å². The Balaban J connectivity index is 0. The molecule has 0 bridgehead atoms. The summed E-state index contributed by atoms with van der Waals surface area (Å²) >= 11 is 0. The van der Waals surface area contributed by atoms with Gasteiger partial charge in [0.25, 0.3) is 0 Å². The van der Waals surface area contributed by atoms with Crippen molar-refractivity contribution < 1.29 is 12.4 Å². The average Bonchev–Trinajstić information content (AvgIpc) is 2.86. The molecule has 0 aliphatic rings. The highest BCUT2D eigenvalue weighted by Gasteiger charge is 2.15. The van der Waals surface area contributed by atoms with Gasteiger partial charge in [-0.3, -0.25) is 0 Å². The van der Waals surface area contributed by atoms with Crippen molar-refractivity contribution in [2.45, 2.75) is 206 Å². The Morgan fingerprint density at radius 2 is 0.421 bits per heavy atom. The second-order valence-corrected chi connectivity index (χ2v) is 18.6. The molecule has 0 aromatic heterocycles. The van der Waals surface area contributed by atoms with Crippen molar-refractivity contribution in [1.29, 1.82) is 0 Å². The molecular formula is C36H76ClP. The fourth-order valence-electron chi connectivity index (χ4n) is 5.79. The smallest absolute Gasteiger partial charge is 0.0586 e. The highest BCUT2D eigenvalue weighted by atomic mass is 35.5. The minimum absolute atomic E-state index is 0. The van der Waals surface area contributed by atoms with Gasteiger partial charge in [0, 0.05) is 27.3 Å². The first-order valence-corrected chi connectivity index (χ1v) is 21.2. The van der Waals surface area contributed by atoms with Gasteiger partial charge in [0.1, 0.15) is 0 Å². The van der Waals surface area contributed by atoms with E-state index in [1.54, 1.807) is 0 Å².